The van der Waals surface area contributed by atoms with Crippen LogP contribution >= 0.6 is 11.8 Å². The fourth-order valence-electron chi connectivity index (χ4n) is 2.89. The molecule has 144 valence electrons. The molecule has 1 aliphatic rings. The summed E-state index contributed by atoms with van der Waals surface area (Å²) < 4.78 is 29.8. The standard InChI is InChI=1S/C20H17NO5S2/c1-12-7-8-18(13(2)9-12)28(25,26)21-16-10-17(27-11-19(22)23)20(24)15-6-4-3-5-14(15)16/h3-10H,11H2,1-2H3,(H,22,23). The van der Waals surface area contributed by atoms with E-state index in [0.717, 1.165) is 17.3 Å². The van der Waals surface area contributed by atoms with Crippen molar-refractivity contribution in [2.45, 2.75) is 18.7 Å². The van der Waals surface area contributed by atoms with Crippen LogP contribution in [0.4, 0.5) is 0 Å². The number of rotatable bonds is 5. The minimum atomic E-state index is -4.02. The molecule has 6 nitrogen and oxygen atoms in total. The number of carboxylic acids is 1. The van der Waals surface area contributed by atoms with E-state index in [1.54, 1.807) is 43.3 Å². The van der Waals surface area contributed by atoms with E-state index in [1.165, 1.54) is 12.1 Å². The second kappa shape index (κ2) is 7.73. The predicted octanol–water partition coefficient (Wildman–Crippen LogP) is 3.38. The third kappa shape index (κ3) is 4.07. The zero-order valence-corrected chi connectivity index (χ0v) is 16.8. The molecule has 1 aliphatic carbocycles. The maximum absolute atomic E-state index is 12.9. The van der Waals surface area contributed by atoms with Crippen LogP contribution in [0.25, 0.3) is 0 Å². The topological polar surface area (TPSA) is 101 Å². The van der Waals surface area contributed by atoms with Gasteiger partial charge in [-0.2, -0.15) is 12.8 Å². The summed E-state index contributed by atoms with van der Waals surface area (Å²) in [6.07, 6.45) is 1.35. The van der Waals surface area contributed by atoms with E-state index in [2.05, 4.69) is 4.40 Å². The average molecular weight is 415 g/mol. The summed E-state index contributed by atoms with van der Waals surface area (Å²) >= 11 is 0.844. The summed E-state index contributed by atoms with van der Waals surface area (Å²) in [5.74, 6) is -1.72. The maximum Gasteiger partial charge on any atom is 0.313 e. The van der Waals surface area contributed by atoms with Gasteiger partial charge in [-0.1, -0.05) is 42.0 Å². The lowest BCUT2D eigenvalue weighted by molar-refractivity contribution is -0.133. The van der Waals surface area contributed by atoms with E-state index in [1.807, 2.05) is 6.92 Å². The summed E-state index contributed by atoms with van der Waals surface area (Å²) in [6, 6.07) is 11.5. The Labute approximate surface area is 167 Å². The quantitative estimate of drug-likeness (QED) is 0.803. The number of carbonyl (C=O) groups excluding carboxylic acids is 1. The smallest absolute Gasteiger partial charge is 0.313 e. The third-order valence-electron chi connectivity index (χ3n) is 4.12. The minimum Gasteiger partial charge on any atom is -0.481 e. The molecule has 1 N–H and O–H groups in total. The van der Waals surface area contributed by atoms with Crippen LogP contribution in [0.2, 0.25) is 0 Å². The number of ketones is 1. The van der Waals surface area contributed by atoms with Crippen LogP contribution in [0.5, 0.6) is 0 Å². The Bertz CT molecular complexity index is 1150. The average Bonchev–Trinajstić information content (AvgIpc) is 2.62. The molecule has 0 radical (unpaired) electrons. The van der Waals surface area contributed by atoms with Gasteiger partial charge in [-0.05, 0) is 31.6 Å². The Morgan fingerprint density at radius 3 is 2.43 bits per heavy atom. The number of nitrogens with zero attached hydrogens (tertiary/aromatic N) is 1. The lowest BCUT2D eigenvalue weighted by Gasteiger charge is -2.17. The molecule has 0 spiro atoms. The Hall–Kier alpha value is -2.71. The van der Waals surface area contributed by atoms with Crippen molar-refractivity contribution in [3.63, 3.8) is 0 Å². The number of aryl methyl sites for hydroxylation is 2. The van der Waals surface area contributed by atoms with Crippen LogP contribution in [0.3, 0.4) is 0 Å². The highest BCUT2D eigenvalue weighted by Gasteiger charge is 2.27. The Morgan fingerprint density at radius 2 is 1.79 bits per heavy atom. The zero-order valence-electron chi connectivity index (χ0n) is 15.2. The molecule has 0 atom stereocenters. The van der Waals surface area contributed by atoms with E-state index in [4.69, 9.17) is 5.11 Å². The van der Waals surface area contributed by atoms with Gasteiger partial charge in [0.05, 0.1) is 21.3 Å². The van der Waals surface area contributed by atoms with Crippen molar-refractivity contribution in [1.29, 1.82) is 0 Å². The molecule has 3 rings (SSSR count). The van der Waals surface area contributed by atoms with Crippen molar-refractivity contribution in [2.75, 3.05) is 5.75 Å². The van der Waals surface area contributed by atoms with Crippen molar-refractivity contribution in [2.24, 2.45) is 4.40 Å². The number of allylic oxidation sites excluding steroid dienone is 2. The molecule has 0 fully saturated rings. The van der Waals surface area contributed by atoms with Crippen LogP contribution in [-0.2, 0) is 14.8 Å². The van der Waals surface area contributed by atoms with E-state index in [9.17, 15) is 18.0 Å². The minimum absolute atomic E-state index is 0.0909. The molecule has 0 amide bonds. The van der Waals surface area contributed by atoms with Gasteiger partial charge in [0.25, 0.3) is 10.0 Å². The van der Waals surface area contributed by atoms with Crippen LogP contribution in [0, 0.1) is 13.8 Å². The molecule has 0 aliphatic heterocycles. The normalized spacial score (nSPS) is 15.3. The van der Waals surface area contributed by atoms with Crippen molar-refractivity contribution in [3.8, 4) is 0 Å². The van der Waals surface area contributed by atoms with Crippen LogP contribution in [0.15, 0.2) is 62.7 Å². The highest BCUT2D eigenvalue weighted by atomic mass is 32.2. The van der Waals surface area contributed by atoms with Crippen molar-refractivity contribution >= 4 is 39.2 Å². The number of hydrogen-bond acceptors (Lipinski definition) is 5. The van der Waals surface area contributed by atoms with Gasteiger partial charge in [0, 0.05) is 11.1 Å². The summed E-state index contributed by atoms with van der Waals surface area (Å²) in [6.45, 7) is 3.56. The van der Waals surface area contributed by atoms with Gasteiger partial charge in [-0.25, -0.2) is 0 Å². The van der Waals surface area contributed by atoms with Gasteiger partial charge >= 0.3 is 5.97 Å². The number of carboxylic acid groups (broad SMARTS) is 1. The first-order valence-corrected chi connectivity index (χ1v) is 10.7. The monoisotopic (exact) mass is 415 g/mol. The number of fused-ring (bicyclic) bond motifs is 1. The molecule has 28 heavy (non-hydrogen) atoms. The zero-order chi connectivity index (χ0) is 20.5. The van der Waals surface area contributed by atoms with Crippen molar-refractivity contribution < 1.29 is 23.1 Å². The number of sulfonamides is 1. The molecule has 0 heterocycles. The molecule has 8 heteroatoms. The Morgan fingerprint density at radius 1 is 1.11 bits per heavy atom. The first-order chi connectivity index (χ1) is 13.2. The molecule has 0 unspecified atom stereocenters. The summed E-state index contributed by atoms with van der Waals surface area (Å²) in [5.41, 5.74) is 2.33. The van der Waals surface area contributed by atoms with Gasteiger partial charge in [-0.15, -0.1) is 11.8 Å². The van der Waals surface area contributed by atoms with Gasteiger partial charge in [-0.3, -0.25) is 9.59 Å². The van der Waals surface area contributed by atoms with E-state index in [-0.39, 0.29) is 27.0 Å². The fraction of sp³-hybridized carbons (Fsp3) is 0.150. The summed E-state index contributed by atoms with van der Waals surface area (Å²) in [4.78, 5) is 23.7. The lowest BCUT2D eigenvalue weighted by atomic mass is 9.94. The van der Waals surface area contributed by atoms with E-state index >= 15 is 0 Å². The number of hydrogen-bond donors (Lipinski definition) is 1. The van der Waals surface area contributed by atoms with Gasteiger partial charge in [0.1, 0.15) is 0 Å². The van der Waals surface area contributed by atoms with Gasteiger partial charge in [0.2, 0.25) is 0 Å². The number of Topliss-reactive ketones (excluding diaryl/α,β-unsaturated/α-hetero) is 1. The Balaban J connectivity index is 2.13. The van der Waals surface area contributed by atoms with Crippen molar-refractivity contribution in [1.82, 2.24) is 0 Å². The number of benzene rings is 2. The molecule has 0 saturated carbocycles. The molecular formula is C20H17NO5S2. The maximum atomic E-state index is 12.9. The van der Waals surface area contributed by atoms with Crippen molar-refractivity contribution in [3.05, 3.63) is 75.7 Å². The second-order valence-corrected chi connectivity index (χ2v) is 8.88. The van der Waals surface area contributed by atoms with Gasteiger partial charge in [0.15, 0.2) is 5.78 Å². The second-order valence-electron chi connectivity index (χ2n) is 6.29. The van der Waals surface area contributed by atoms with Crippen LogP contribution in [0.1, 0.15) is 27.0 Å². The first-order valence-electron chi connectivity index (χ1n) is 8.31. The van der Waals surface area contributed by atoms with E-state index in [0.29, 0.717) is 16.7 Å². The summed E-state index contributed by atoms with van der Waals surface area (Å²) in [5, 5.41) is 8.89. The summed E-state index contributed by atoms with van der Waals surface area (Å²) in [7, 11) is -4.02. The first kappa shape index (κ1) is 20.0. The number of carbonyl (C=O) groups is 2. The number of thioether (sulfide) groups is 1. The van der Waals surface area contributed by atoms with E-state index < -0.39 is 16.0 Å². The van der Waals surface area contributed by atoms with Crippen LogP contribution < -0.4 is 0 Å². The molecular weight excluding hydrogens is 398 g/mol. The fourth-order valence-corrected chi connectivity index (χ4v) is 4.82. The highest BCUT2D eigenvalue weighted by Crippen LogP contribution is 2.30. The highest BCUT2D eigenvalue weighted by molar-refractivity contribution is 8.04. The SMILES string of the molecule is Cc1ccc(S(=O)(=O)N=C2C=C(SCC(=O)O)C(=O)c3ccccc32)c(C)c1. The lowest BCUT2D eigenvalue weighted by Crippen LogP contribution is -2.18. The molecule has 0 bridgehead atoms. The molecule has 2 aromatic carbocycles. The molecule has 0 saturated heterocycles. The number of aliphatic carboxylic acids is 1. The molecule has 2 aromatic rings. The molecule has 0 aromatic heterocycles. The van der Waals surface area contributed by atoms with Gasteiger partial charge < -0.3 is 5.11 Å². The van der Waals surface area contributed by atoms with Crippen LogP contribution in [-0.4, -0.2) is 36.7 Å². The largest absolute Gasteiger partial charge is 0.481 e. The predicted molar refractivity (Wildman–Crippen MR) is 109 cm³/mol. The third-order valence-corrected chi connectivity index (χ3v) is 6.57. The Kier molecular flexibility index (Phi) is 5.53.